The molecule has 5 aliphatic rings. The molecule has 8 aromatic rings. The number of amides is 1. The smallest absolute Gasteiger partial charge is 0.376 e. The third-order valence-corrected chi connectivity index (χ3v) is 15.8. The molecule has 13 rings (SSSR count). The number of imidazole rings is 1. The molecule has 15 nitrogen and oxygen atoms in total. The number of carbonyl (C=O) groups is 1. The molecule has 68 heavy (non-hydrogen) atoms. The Bertz CT molecular complexity index is 3530. The van der Waals surface area contributed by atoms with Gasteiger partial charge in [-0.25, -0.2) is 23.1 Å². The number of aromatic amines is 1. The highest BCUT2D eigenvalue weighted by Crippen LogP contribution is 2.56. The monoisotopic (exact) mass is 920 g/mol. The van der Waals surface area contributed by atoms with Gasteiger partial charge in [0, 0.05) is 55.0 Å². The Morgan fingerprint density at radius 3 is 2.49 bits per heavy atom. The normalized spacial score (nSPS) is 24.2. The standard InChI is InChI=1S/C51H50F2N10O5/c1-27-24-51(27,47-55-48(65)68-57-47)62-38-13-10-29(30-16-19-67-50(2,3)25-30)20-31(38)21-42(62)46(64)61-32-6-5-7-40(61)43-37(23-32)56-63(33-11-12-36(52)34(22-33)28-8-9-28)45(43)60-18-17-59(49(60)66)41-15-14-39-35(44(41)53)26-54-58(39)4/h10-15,17-18,20-22,26-28,30,32,40H,5-9,16,19,23-25H2,1-4H3,(H,55,57,65)/t27-,30-,32?,40?,51-/m0/s1. The van der Waals surface area contributed by atoms with Crippen molar-refractivity contribution in [3.05, 3.63) is 140 Å². The summed E-state index contributed by atoms with van der Waals surface area (Å²) in [5.74, 6) is -0.549. The van der Waals surface area contributed by atoms with Gasteiger partial charge >= 0.3 is 11.4 Å². The number of nitrogens with zero attached hydrogens (tertiary/aromatic N) is 9. The number of nitrogens with one attached hydrogen (secondary N) is 1. The van der Waals surface area contributed by atoms with E-state index < -0.39 is 28.8 Å². The highest BCUT2D eigenvalue weighted by atomic mass is 19.1. The Kier molecular flexibility index (Phi) is 8.85. The molecule has 0 spiro atoms. The zero-order chi connectivity index (χ0) is 46.5. The van der Waals surface area contributed by atoms with Crippen molar-refractivity contribution in [3.8, 4) is 17.2 Å². The molecule has 5 atom stereocenters. The number of halogens is 2. The first-order chi connectivity index (χ1) is 32.8. The van der Waals surface area contributed by atoms with Crippen LogP contribution < -0.4 is 11.4 Å². The number of benzene rings is 3. The number of aromatic nitrogens is 9. The van der Waals surface area contributed by atoms with Gasteiger partial charge in [-0.15, -0.1) is 0 Å². The number of aryl methyl sites for hydroxylation is 1. The Balaban J connectivity index is 0.980. The lowest BCUT2D eigenvalue weighted by Gasteiger charge is -2.46. The molecule has 3 aromatic carbocycles. The van der Waals surface area contributed by atoms with Crippen LogP contribution >= 0.6 is 0 Å². The van der Waals surface area contributed by atoms with Crippen LogP contribution in [0.5, 0.6) is 0 Å². The van der Waals surface area contributed by atoms with Gasteiger partial charge < -0.3 is 14.2 Å². The van der Waals surface area contributed by atoms with Gasteiger partial charge in [-0.2, -0.15) is 10.2 Å². The molecule has 1 amide bonds. The molecule has 4 fully saturated rings. The van der Waals surface area contributed by atoms with Crippen molar-refractivity contribution in [3.63, 3.8) is 0 Å². The van der Waals surface area contributed by atoms with Crippen molar-refractivity contribution in [2.75, 3.05) is 6.61 Å². The van der Waals surface area contributed by atoms with E-state index in [0.29, 0.717) is 60.0 Å². The molecule has 2 bridgehead atoms. The first kappa shape index (κ1) is 41.3. The SMILES string of the molecule is C[C@H]1C[C@]1(c1noc(=O)[nH]1)n1c(C(=O)N2C3CCCC2c2c(nn(-c4ccc(F)c(C5CC5)c4)c2-n2ccn(-c4ccc5c(cnn5C)c4F)c2=O)C3)cc2cc([C@H]3CCOC(C)(C)C3)ccc21. The molecule has 2 saturated carbocycles. The summed E-state index contributed by atoms with van der Waals surface area (Å²) in [7, 11) is 1.73. The number of ether oxygens (including phenoxy) is 1. The maximum absolute atomic E-state index is 16.3. The topological polar surface area (TPSA) is 156 Å². The van der Waals surface area contributed by atoms with Crippen LogP contribution in [0, 0.1) is 17.6 Å². The van der Waals surface area contributed by atoms with E-state index in [2.05, 4.69) is 58.8 Å². The maximum atomic E-state index is 16.3. The van der Waals surface area contributed by atoms with Crippen LogP contribution in [0.15, 0.2) is 87.3 Å². The zero-order valence-corrected chi connectivity index (χ0v) is 38.2. The third-order valence-electron chi connectivity index (χ3n) is 15.8. The molecular formula is C51H50F2N10O5. The summed E-state index contributed by atoms with van der Waals surface area (Å²) >= 11 is 0. The fraction of sp³-hybridized carbons (Fsp3) is 0.412. The second kappa shape index (κ2) is 14.6. The number of H-pyrrole nitrogens is 1. The van der Waals surface area contributed by atoms with Crippen LogP contribution in [0.4, 0.5) is 8.78 Å². The Labute approximate surface area is 387 Å². The van der Waals surface area contributed by atoms with E-state index in [1.54, 1.807) is 47.0 Å². The van der Waals surface area contributed by atoms with Crippen molar-refractivity contribution in [2.24, 2.45) is 13.0 Å². The quantitative estimate of drug-likeness (QED) is 0.160. The second-order valence-corrected chi connectivity index (χ2v) is 20.5. The lowest BCUT2D eigenvalue weighted by atomic mass is 9.82. The molecule has 2 saturated heterocycles. The van der Waals surface area contributed by atoms with Crippen LogP contribution in [0.1, 0.15) is 129 Å². The largest absolute Gasteiger partial charge is 0.438 e. The highest BCUT2D eigenvalue weighted by molar-refractivity contribution is 6.00. The first-order valence-corrected chi connectivity index (χ1v) is 23.8. The zero-order valence-electron chi connectivity index (χ0n) is 38.2. The summed E-state index contributed by atoms with van der Waals surface area (Å²) in [4.78, 5) is 48.2. The van der Waals surface area contributed by atoms with Crippen molar-refractivity contribution in [1.82, 2.24) is 48.3 Å². The highest BCUT2D eigenvalue weighted by Gasteiger charge is 2.59. The summed E-state index contributed by atoms with van der Waals surface area (Å²) in [5, 5.41) is 14.9. The van der Waals surface area contributed by atoms with Crippen molar-refractivity contribution >= 4 is 27.7 Å². The molecular weight excluding hydrogens is 871 g/mol. The number of hydrogen-bond acceptors (Lipinski definition) is 8. The minimum absolute atomic E-state index is 0.00881. The van der Waals surface area contributed by atoms with Gasteiger partial charge in [0.1, 0.15) is 22.9 Å². The molecule has 8 heterocycles. The Hall–Kier alpha value is -6.88. The second-order valence-electron chi connectivity index (χ2n) is 20.5. The van der Waals surface area contributed by atoms with Crippen molar-refractivity contribution < 1.29 is 22.8 Å². The van der Waals surface area contributed by atoms with Gasteiger partial charge in [0.05, 0.1) is 45.8 Å². The van der Waals surface area contributed by atoms with Gasteiger partial charge in [0.2, 0.25) is 0 Å². The fourth-order valence-corrected chi connectivity index (χ4v) is 12.2. The Morgan fingerprint density at radius 2 is 1.72 bits per heavy atom. The number of hydrogen-bond donors (Lipinski definition) is 1. The predicted molar refractivity (Wildman–Crippen MR) is 247 cm³/mol. The van der Waals surface area contributed by atoms with E-state index in [1.807, 2.05) is 17.0 Å². The van der Waals surface area contributed by atoms with E-state index in [4.69, 9.17) is 14.4 Å². The molecule has 2 aliphatic carbocycles. The van der Waals surface area contributed by atoms with Crippen LogP contribution in [0.2, 0.25) is 0 Å². The van der Waals surface area contributed by atoms with Crippen LogP contribution in [-0.2, 0) is 23.7 Å². The number of fused-ring (bicyclic) bond motifs is 6. The van der Waals surface area contributed by atoms with Gasteiger partial charge in [0.25, 0.3) is 5.91 Å². The average molecular weight is 921 g/mol. The predicted octanol–water partition coefficient (Wildman–Crippen LogP) is 8.24. The van der Waals surface area contributed by atoms with E-state index >= 15 is 13.6 Å². The molecule has 348 valence electrons. The van der Waals surface area contributed by atoms with Gasteiger partial charge in [-0.05, 0) is 143 Å². The number of carbonyl (C=O) groups excluding carboxylic acids is 1. The fourth-order valence-electron chi connectivity index (χ4n) is 12.2. The molecule has 17 heteroatoms. The van der Waals surface area contributed by atoms with Crippen LogP contribution in [0.3, 0.4) is 0 Å². The summed E-state index contributed by atoms with van der Waals surface area (Å²) in [6.07, 6.45) is 11.3. The Morgan fingerprint density at radius 1 is 0.912 bits per heavy atom. The van der Waals surface area contributed by atoms with Crippen LogP contribution in [0.25, 0.3) is 39.0 Å². The lowest BCUT2D eigenvalue weighted by Crippen LogP contribution is -2.50. The van der Waals surface area contributed by atoms with Crippen molar-refractivity contribution in [2.45, 2.75) is 114 Å². The third kappa shape index (κ3) is 6.09. The van der Waals surface area contributed by atoms with Gasteiger partial charge in [-0.1, -0.05) is 18.1 Å². The molecule has 0 radical (unpaired) electrons. The summed E-state index contributed by atoms with van der Waals surface area (Å²) in [6.45, 7) is 6.99. The summed E-state index contributed by atoms with van der Waals surface area (Å²) in [5.41, 5.74) is 4.15. The summed E-state index contributed by atoms with van der Waals surface area (Å²) in [6, 6.07) is 16.0. The van der Waals surface area contributed by atoms with E-state index in [0.717, 1.165) is 60.7 Å². The van der Waals surface area contributed by atoms with E-state index in [-0.39, 0.29) is 52.2 Å². The molecule has 2 unspecified atom stereocenters. The lowest BCUT2D eigenvalue weighted by molar-refractivity contribution is -0.0592. The van der Waals surface area contributed by atoms with E-state index in [9.17, 15) is 9.59 Å². The minimum atomic E-state index is -0.848. The van der Waals surface area contributed by atoms with Crippen molar-refractivity contribution in [1.29, 1.82) is 0 Å². The number of rotatable bonds is 8. The molecule has 1 N–H and O–H groups in total. The van der Waals surface area contributed by atoms with E-state index in [1.165, 1.54) is 27.0 Å². The van der Waals surface area contributed by atoms with Gasteiger partial charge in [-0.3, -0.25) is 28.1 Å². The van der Waals surface area contributed by atoms with Crippen LogP contribution in [-0.4, -0.2) is 72.5 Å². The summed E-state index contributed by atoms with van der Waals surface area (Å²) < 4.78 is 51.0. The average Bonchev–Trinajstić information content (AvgIpc) is 3.90. The maximum Gasteiger partial charge on any atom is 0.438 e. The van der Waals surface area contributed by atoms with Gasteiger partial charge in [0.15, 0.2) is 11.6 Å². The molecule has 3 aliphatic heterocycles. The first-order valence-electron chi connectivity index (χ1n) is 23.8. The molecule has 5 aromatic heterocycles. The minimum Gasteiger partial charge on any atom is -0.376 e. The number of piperidine rings is 1.